The molecule has 0 unspecified atom stereocenters. The van der Waals surface area contributed by atoms with Gasteiger partial charge in [-0.05, 0) is 38.1 Å². The lowest BCUT2D eigenvalue weighted by atomic mass is 10.2. The molecule has 0 atom stereocenters. The molecule has 3 amide bonds. The highest BCUT2D eigenvalue weighted by molar-refractivity contribution is 5.98. The number of rotatable bonds is 10. The molecule has 0 saturated carbocycles. The third-order valence-corrected chi connectivity index (χ3v) is 3.69. The van der Waals surface area contributed by atoms with Crippen molar-refractivity contribution in [2.45, 2.75) is 13.8 Å². The lowest BCUT2D eigenvalue weighted by Gasteiger charge is -2.12. The van der Waals surface area contributed by atoms with Crippen molar-refractivity contribution >= 4 is 17.7 Å². The number of para-hydroxylation sites is 3. The third kappa shape index (κ3) is 7.01. The van der Waals surface area contributed by atoms with Gasteiger partial charge in [0.05, 0.1) is 25.3 Å². The second-order valence-corrected chi connectivity index (χ2v) is 5.88. The summed E-state index contributed by atoms with van der Waals surface area (Å²) in [6.45, 7) is 3.88. The van der Waals surface area contributed by atoms with Crippen molar-refractivity contribution in [1.29, 1.82) is 0 Å². The van der Waals surface area contributed by atoms with Crippen molar-refractivity contribution in [3.8, 4) is 17.2 Å². The van der Waals surface area contributed by atoms with Gasteiger partial charge in [-0.25, -0.2) is 0 Å². The van der Waals surface area contributed by atoms with Crippen molar-refractivity contribution in [2.24, 2.45) is 0 Å². The van der Waals surface area contributed by atoms with Crippen LogP contribution in [0.2, 0.25) is 0 Å². The quantitative estimate of drug-likeness (QED) is 0.506. The standard InChI is InChI=1S/C21H25N3O6/c1-3-28-16-10-6-5-9-15(16)21(27)22-13-19(25)23-24-20(26)14-30-18-12-8-7-11-17(18)29-4-2/h5-12H,3-4,13-14H2,1-2H3,(H,22,27)(H,23,25)(H,24,26). The molecule has 9 nitrogen and oxygen atoms in total. The smallest absolute Gasteiger partial charge is 0.276 e. The molecule has 0 fully saturated rings. The molecule has 2 aromatic carbocycles. The number of carbonyl (C=O) groups excluding carboxylic acids is 3. The Balaban J connectivity index is 1.74. The predicted molar refractivity (Wildman–Crippen MR) is 109 cm³/mol. The molecule has 2 aromatic rings. The fraction of sp³-hybridized carbons (Fsp3) is 0.286. The lowest BCUT2D eigenvalue weighted by Crippen LogP contribution is -2.47. The number of benzene rings is 2. The average Bonchev–Trinajstić information content (AvgIpc) is 2.76. The van der Waals surface area contributed by atoms with Gasteiger partial charge in [-0.3, -0.25) is 25.2 Å². The van der Waals surface area contributed by atoms with Gasteiger partial charge in [0.25, 0.3) is 17.7 Å². The van der Waals surface area contributed by atoms with Gasteiger partial charge in [-0.1, -0.05) is 24.3 Å². The van der Waals surface area contributed by atoms with Crippen LogP contribution in [0.5, 0.6) is 17.2 Å². The van der Waals surface area contributed by atoms with E-state index in [0.717, 1.165) is 0 Å². The van der Waals surface area contributed by atoms with Crippen LogP contribution in [0.3, 0.4) is 0 Å². The van der Waals surface area contributed by atoms with Gasteiger partial charge in [-0.15, -0.1) is 0 Å². The van der Waals surface area contributed by atoms with E-state index in [2.05, 4.69) is 16.2 Å². The molecule has 0 aliphatic rings. The highest BCUT2D eigenvalue weighted by atomic mass is 16.5. The summed E-state index contributed by atoms with van der Waals surface area (Å²) in [5.41, 5.74) is 4.75. The second-order valence-electron chi connectivity index (χ2n) is 5.88. The van der Waals surface area contributed by atoms with Crippen LogP contribution in [-0.2, 0) is 9.59 Å². The summed E-state index contributed by atoms with van der Waals surface area (Å²) in [6.07, 6.45) is 0. The van der Waals surface area contributed by atoms with Crippen LogP contribution in [0, 0.1) is 0 Å². The van der Waals surface area contributed by atoms with Gasteiger partial charge in [0.15, 0.2) is 18.1 Å². The van der Waals surface area contributed by atoms with E-state index >= 15 is 0 Å². The minimum Gasteiger partial charge on any atom is -0.493 e. The Morgan fingerprint density at radius 1 is 0.733 bits per heavy atom. The van der Waals surface area contributed by atoms with Crippen LogP contribution < -0.4 is 30.4 Å². The Kier molecular flexibility index (Phi) is 8.98. The molecule has 0 radical (unpaired) electrons. The Morgan fingerprint density at radius 3 is 1.93 bits per heavy atom. The fourth-order valence-corrected chi connectivity index (χ4v) is 2.40. The molecule has 9 heteroatoms. The van der Waals surface area contributed by atoms with E-state index < -0.39 is 17.7 Å². The summed E-state index contributed by atoms with van der Waals surface area (Å²) in [4.78, 5) is 36.0. The van der Waals surface area contributed by atoms with Gasteiger partial charge in [0.1, 0.15) is 5.75 Å². The van der Waals surface area contributed by atoms with Crippen molar-refractivity contribution in [3.05, 3.63) is 54.1 Å². The van der Waals surface area contributed by atoms with Crippen molar-refractivity contribution < 1.29 is 28.6 Å². The van der Waals surface area contributed by atoms with Gasteiger partial charge in [-0.2, -0.15) is 0 Å². The van der Waals surface area contributed by atoms with Crippen LogP contribution >= 0.6 is 0 Å². The van der Waals surface area contributed by atoms with E-state index in [1.165, 1.54) is 0 Å². The first kappa shape index (κ1) is 22.5. The highest BCUT2D eigenvalue weighted by Crippen LogP contribution is 2.26. The number of carbonyl (C=O) groups is 3. The maximum Gasteiger partial charge on any atom is 0.276 e. The first-order valence-corrected chi connectivity index (χ1v) is 9.47. The number of ether oxygens (including phenoxy) is 3. The van der Waals surface area contributed by atoms with Gasteiger partial charge in [0, 0.05) is 0 Å². The molecule has 0 bridgehead atoms. The number of nitrogens with one attached hydrogen (secondary N) is 3. The molecule has 160 valence electrons. The summed E-state index contributed by atoms with van der Waals surface area (Å²) in [5.74, 6) is -0.261. The van der Waals surface area contributed by atoms with Gasteiger partial charge >= 0.3 is 0 Å². The van der Waals surface area contributed by atoms with Crippen LogP contribution in [0.4, 0.5) is 0 Å². The number of hydrogen-bond acceptors (Lipinski definition) is 6. The molecule has 0 aliphatic carbocycles. The molecule has 0 heterocycles. The second kappa shape index (κ2) is 11.9. The normalized spacial score (nSPS) is 9.93. The van der Waals surface area contributed by atoms with Gasteiger partial charge in [0.2, 0.25) is 0 Å². The lowest BCUT2D eigenvalue weighted by molar-refractivity contribution is -0.129. The number of hydrazine groups is 1. The Bertz CT molecular complexity index is 871. The molecule has 0 saturated heterocycles. The van der Waals surface area contributed by atoms with Crippen LogP contribution in [0.15, 0.2) is 48.5 Å². The predicted octanol–water partition coefficient (Wildman–Crippen LogP) is 1.44. The summed E-state index contributed by atoms with van der Waals surface area (Å²) in [5, 5.41) is 2.47. The maximum atomic E-state index is 12.2. The minimum atomic E-state index is -0.597. The SMILES string of the molecule is CCOc1ccccc1OCC(=O)NNC(=O)CNC(=O)c1ccccc1OCC. The van der Waals surface area contributed by atoms with E-state index in [9.17, 15) is 14.4 Å². The molecule has 0 aliphatic heterocycles. The van der Waals surface area contributed by atoms with E-state index in [4.69, 9.17) is 14.2 Å². The Labute approximate surface area is 174 Å². The molecular formula is C21H25N3O6. The zero-order valence-electron chi connectivity index (χ0n) is 16.9. The monoisotopic (exact) mass is 415 g/mol. The Morgan fingerprint density at radius 2 is 1.27 bits per heavy atom. The van der Waals surface area contributed by atoms with Crippen LogP contribution in [0.1, 0.15) is 24.2 Å². The number of hydrogen-bond donors (Lipinski definition) is 3. The van der Waals surface area contributed by atoms with E-state index in [1.54, 1.807) is 48.5 Å². The molecule has 2 rings (SSSR count). The van der Waals surface area contributed by atoms with E-state index in [-0.39, 0.29) is 13.2 Å². The van der Waals surface area contributed by atoms with Crippen molar-refractivity contribution in [2.75, 3.05) is 26.4 Å². The minimum absolute atomic E-state index is 0.317. The zero-order chi connectivity index (χ0) is 21.8. The first-order valence-electron chi connectivity index (χ1n) is 9.47. The van der Waals surface area contributed by atoms with Crippen molar-refractivity contribution in [1.82, 2.24) is 16.2 Å². The van der Waals surface area contributed by atoms with E-state index in [0.29, 0.717) is 36.0 Å². The highest BCUT2D eigenvalue weighted by Gasteiger charge is 2.13. The summed E-state index contributed by atoms with van der Waals surface area (Å²) >= 11 is 0. The van der Waals surface area contributed by atoms with Crippen molar-refractivity contribution in [3.63, 3.8) is 0 Å². The average molecular weight is 415 g/mol. The maximum absolute atomic E-state index is 12.2. The molecular weight excluding hydrogens is 390 g/mol. The molecule has 0 aromatic heterocycles. The topological polar surface area (TPSA) is 115 Å². The summed E-state index contributed by atoms with van der Waals surface area (Å²) in [7, 11) is 0. The zero-order valence-corrected chi connectivity index (χ0v) is 16.9. The molecule has 30 heavy (non-hydrogen) atoms. The van der Waals surface area contributed by atoms with E-state index in [1.807, 2.05) is 13.8 Å². The molecule has 3 N–H and O–H groups in total. The first-order chi connectivity index (χ1) is 14.5. The Hall–Kier alpha value is -3.75. The largest absolute Gasteiger partial charge is 0.493 e. The summed E-state index contributed by atoms with van der Waals surface area (Å²) < 4.78 is 16.2. The fourth-order valence-electron chi connectivity index (χ4n) is 2.40. The summed E-state index contributed by atoms with van der Waals surface area (Å²) in [6, 6.07) is 13.7. The third-order valence-electron chi connectivity index (χ3n) is 3.69. The van der Waals surface area contributed by atoms with Gasteiger partial charge < -0.3 is 19.5 Å². The van der Waals surface area contributed by atoms with Crippen LogP contribution in [0.25, 0.3) is 0 Å². The van der Waals surface area contributed by atoms with Crippen LogP contribution in [-0.4, -0.2) is 44.1 Å². The molecule has 0 spiro atoms. The number of amides is 3.